The summed E-state index contributed by atoms with van der Waals surface area (Å²) in [6.07, 6.45) is 1.46. The molecule has 0 radical (unpaired) electrons. The van der Waals surface area contributed by atoms with Crippen LogP contribution in [-0.4, -0.2) is 20.6 Å². The Morgan fingerprint density at radius 2 is 1.80 bits per heavy atom. The van der Waals surface area contributed by atoms with Crippen LogP contribution < -0.4 is 5.56 Å². The smallest absolute Gasteiger partial charge is 0.335 e. The fourth-order valence-electron chi connectivity index (χ4n) is 2.94. The van der Waals surface area contributed by atoms with E-state index in [1.54, 1.807) is 0 Å². The molecule has 0 bridgehead atoms. The van der Waals surface area contributed by atoms with Crippen LogP contribution in [0.25, 0.3) is 21.7 Å². The van der Waals surface area contributed by atoms with Crippen LogP contribution in [0.3, 0.4) is 0 Å². The molecule has 0 unspecified atom stereocenters. The number of carboxylic acids is 1. The van der Waals surface area contributed by atoms with E-state index in [0.29, 0.717) is 17.4 Å². The molecule has 0 aliphatic carbocycles. The third-order valence-electron chi connectivity index (χ3n) is 4.24. The van der Waals surface area contributed by atoms with Gasteiger partial charge in [-0.15, -0.1) is 0 Å². The van der Waals surface area contributed by atoms with Gasteiger partial charge in [0.05, 0.1) is 29.3 Å². The van der Waals surface area contributed by atoms with Crippen LogP contribution >= 0.6 is 0 Å². The van der Waals surface area contributed by atoms with Gasteiger partial charge < -0.3 is 5.11 Å². The summed E-state index contributed by atoms with van der Waals surface area (Å²) in [4.78, 5) is 27.9. The van der Waals surface area contributed by atoms with E-state index in [-0.39, 0.29) is 11.1 Å². The fraction of sp³-hybridized carbons (Fsp3) is 0.0500. The minimum Gasteiger partial charge on any atom is -0.478 e. The molecule has 5 heteroatoms. The number of carbonyl (C=O) groups is 1. The van der Waals surface area contributed by atoms with E-state index in [1.807, 2.05) is 36.4 Å². The first kappa shape index (κ1) is 15.1. The van der Waals surface area contributed by atoms with Gasteiger partial charge in [-0.3, -0.25) is 9.36 Å². The van der Waals surface area contributed by atoms with Gasteiger partial charge in [-0.1, -0.05) is 36.4 Å². The molecule has 0 saturated carbocycles. The predicted octanol–water partition coefficient (Wildman–Crippen LogP) is 3.30. The van der Waals surface area contributed by atoms with E-state index in [4.69, 9.17) is 5.11 Å². The molecule has 0 aliphatic heterocycles. The molecule has 0 amide bonds. The Morgan fingerprint density at radius 3 is 2.60 bits per heavy atom. The first-order valence-corrected chi connectivity index (χ1v) is 7.82. The van der Waals surface area contributed by atoms with Crippen molar-refractivity contribution in [1.82, 2.24) is 9.55 Å². The Morgan fingerprint density at radius 1 is 1.00 bits per heavy atom. The normalized spacial score (nSPS) is 11.0. The molecule has 1 N–H and O–H groups in total. The van der Waals surface area contributed by atoms with Gasteiger partial charge in [0.15, 0.2) is 0 Å². The molecule has 1 aromatic heterocycles. The summed E-state index contributed by atoms with van der Waals surface area (Å²) in [6, 6.07) is 18.5. The van der Waals surface area contributed by atoms with Crippen molar-refractivity contribution in [2.24, 2.45) is 0 Å². The molecule has 5 nitrogen and oxygen atoms in total. The number of aromatic nitrogens is 2. The average Bonchev–Trinajstić information content (AvgIpc) is 2.63. The third-order valence-corrected chi connectivity index (χ3v) is 4.24. The van der Waals surface area contributed by atoms with E-state index in [9.17, 15) is 9.59 Å². The van der Waals surface area contributed by atoms with Crippen molar-refractivity contribution in [2.45, 2.75) is 6.54 Å². The number of hydrogen-bond acceptors (Lipinski definition) is 3. The van der Waals surface area contributed by atoms with Crippen molar-refractivity contribution in [3.05, 3.63) is 88.5 Å². The highest BCUT2D eigenvalue weighted by molar-refractivity contribution is 5.92. The minimum atomic E-state index is -1.04. The number of aromatic carboxylic acids is 1. The van der Waals surface area contributed by atoms with Gasteiger partial charge >= 0.3 is 5.97 Å². The van der Waals surface area contributed by atoms with Gasteiger partial charge in [0, 0.05) is 0 Å². The molecule has 0 spiro atoms. The average molecular weight is 330 g/mol. The van der Waals surface area contributed by atoms with Crippen LogP contribution in [0, 0.1) is 0 Å². The van der Waals surface area contributed by atoms with Crippen LogP contribution in [0.4, 0.5) is 0 Å². The molecule has 1 heterocycles. The lowest BCUT2D eigenvalue weighted by Gasteiger charge is -2.08. The molecule has 0 aliphatic rings. The topological polar surface area (TPSA) is 72.2 Å². The molecule has 0 fully saturated rings. The van der Waals surface area contributed by atoms with Gasteiger partial charge in [-0.05, 0) is 40.6 Å². The molecule has 25 heavy (non-hydrogen) atoms. The van der Waals surface area contributed by atoms with E-state index in [2.05, 4.69) is 11.1 Å². The highest BCUT2D eigenvalue weighted by Gasteiger charge is 2.09. The van der Waals surface area contributed by atoms with Gasteiger partial charge in [0.2, 0.25) is 0 Å². The number of nitrogens with zero attached hydrogens (tertiary/aromatic N) is 2. The number of fused-ring (bicyclic) bond motifs is 2. The molecule has 0 atom stereocenters. The monoisotopic (exact) mass is 330 g/mol. The number of carboxylic acid groups (broad SMARTS) is 1. The van der Waals surface area contributed by atoms with Crippen LogP contribution in [0.15, 0.2) is 71.8 Å². The highest BCUT2D eigenvalue weighted by Crippen LogP contribution is 2.16. The summed E-state index contributed by atoms with van der Waals surface area (Å²) < 4.78 is 1.53. The van der Waals surface area contributed by atoms with Gasteiger partial charge in [-0.2, -0.15) is 0 Å². The van der Waals surface area contributed by atoms with E-state index in [1.165, 1.54) is 29.1 Å². The molecule has 0 saturated heterocycles. The van der Waals surface area contributed by atoms with Crippen LogP contribution in [0.2, 0.25) is 0 Å². The molecular formula is C20H14N2O3. The zero-order valence-electron chi connectivity index (χ0n) is 13.2. The molecular weight excluding hydrogens is 316 g/mol. The zero-order chi connectivity index (χ0) is 17.4. The summed E-state index contributed by atoms with van der Waals surface area (Å²) >= 11 is 0. The maximum Gasteiger partial charge on any atom is 0.335 e. The second-order valence-electron chi connectivity index (χ2n) is 5.90. The lowest BCUT2D eigenvalue weighted by Crippen LogP contribution is -2.21. The molecule has 122 valence electrons. The van der Waals surface area contributed by atoms with E-state index >= 15 is 0 Å². The van der Waals surface area contributed by atoms with Crippen LogP contribution in [-0.2, 0) is 6.54 Å². The lowest BCUT2D eigenvalue weighted by molar-refractivity contribution is 0.0697. The van der Waals surface area contributed by atoms with Crippen LogP contribution in [0.1, 0.15) is 15.9 Å². The summed E-state index contributed by atoms with van der Waals surface area (Å²) in [7, 11) is 0. The van der Waals surface area contributed by atoms with Crippen molar-refractivity contribution in [3.63, 3.8) is 0 Å². The van der Waals surface area contributed by atoms with Crippen molar-refractivity contribution in [1.29, 1.82) is 0 Å². The third kappa shape index (κ3) is 2.76. The Hall–Kier alpha value is -3.47. The van der Waals surface area contributed by atoms with Gasteiger partial charge in [0.1, 0.15) is 0 Å². The number of hydrogen-bond donors (Lipinski definition) is 1. The molecule has 3 aromatic carbocycles. The first-order valence-electron chi connectivity index (χ1n) is 7.82. The van der Waals surface area contributed by atoms with Crippen molar-refractivity contribution in [2.75, 3.05) is 0 Å². The summed E-state index contributed by atoms with van der Waals surface area (Å²) in [5, 5.41) is 11.7. The summed E-state index contributed by atoms with van der Waals surface area (Å²) in [6.45, 7) is 0.410. The second kappa shape index (κ2) is 5.87. The highest BCUT2D eigenvalue weighted by atomic mass is 16.4. The molecule has 4 rings (SSSR count). The Labute approximate surface area is 142 Å². The lowest BCUT2D eigenvalue weighted by atomic mass is 10.1. The first-order chi connectivity index (χ1) is 12.1. The van der Waals surface area contributed by atoms with E-state index in [0.717, 1.165) is 16.3 Å². The summed E-state index contributed by atoms with van der Waals surface area (Å²) in [5.74, 6) is -1.04. The number of rotatable bonds is 3. The predicted molar refractivity (Wildman–Crippen MR) is 96.0 cm³/mol. The van der Waals surface area contributed by atoms with Crippen molar-refractivity contribution in [3.8, 4) is 0 Å². The van der Waals surface area contributed by atoms with Crippen molar-refractivity contribution >= 4 is 27.6 Å². The maximum absolute atomic E-state index is 12.7. The minimum absolute atomic E-state index is 0.117. The van der Waals surface area contributed by atoms with Gasteiger partial charge in [-0.25, -0.2) is 9.78 Å². The SMILES string of the molecule is O=C(O)c1ccc2c(=O)n(Cc3ccc4ccccc4c3)cnc2c1. The van der Waals surface area contributed by atoms with Crippen molar-refractivity contribution < 1.29 is 9.90 Å². The fourth-order valence-corrected chi connectivity index (χ4v) is 2.94. The number of benzene rings is 3. The zero-order valence-corrected chi connectivity index (χ0v) is 13.2. The standard InChI is InChI=1S/C20H14N2O3/c23-19-17-8-7-16(20(24)25)10-18(17)21-12-22(19)11-13-5-6-14-3-1-2-4-15(14)9-13/h1-10,12H,11H2,(H,24,25). The summed E-state index contributed by atoms with van der Waals surface area (Å²) in [5.41, 5.74) is 1.32. The van der Waals surface area contributed by atoms with Crippen LogP contribution in [0.5, 0.6) is 0 Å². The maximum atomic E-state index is 12.7. The molecule has 4 aromatic rings. The Bertz CT molecular complexity index is 1180. The Balaban J connectivity index is 1.75. The van der Waals surface area contributed by atoms with E-state index < -0.39 is 5.97 Å². The largest absolute Gasteiger partial charge is 0.478 e. The quantitative estimate of drug-likeness (QED) is 0.625. The second-order valence-corrected chi connectivity index (χ2v) is 5.90. The van der Waals surface area contributed by atoms with Gasteiger partial charge in [0.25, 0.3) is 5.56 Å². The Kier molecular flexibility index (Phi) is 3.54.